The fourth-order valence-electron chi connectivity index (χ4n) is 4.17. The second kappa shape index (κ2) is 9.35. The van der Waals surface area contributed by atoms with Gasteiger partial charge in [-0.05, 0) is 68.0 Å². The number of carbonyl (C=O) groups is 1. The summed E-state index contributed by atoms with van der Waals surface area (Å²) in [5, 5.41) is 3.57. The van der Waals surface area contributed by atoms with Crippen LogP contribution in [-0.4, -0.2) is 50.0 Å². The lowest BCUT2D eigenvalue weighted by atomic mass is 9.88. The summed E-state index contributed by atoms with van der Waals surface area (Å²) in [5.41, 5.74) is 4.70. The van der Waals surface area contributed by atoms with E-state index in [2.05, 4.69) is 48.3 Å². The number of nitrogens with zero attached hydrogens (tertiary/aromatic N) is 1. The van der Waals surface area contributed by atoms with Crippen LogP contribution in [0.2, 0.25) is 0 Å². The third kappa shape index (κ3) is 4.81. The van der Waals surface area contributed by atoms with E-state index in [0.29, 0.717) is 0 Å². The molecular formula is C24H32N2O2. The van der Waals surface area contributed by atoms with Crippen LogP contribution in [0.1, 0.15) is 40.4 Å². The molecule has 1 saturated heterocycles. The molecule has 2 aromatic carbocycles. The number of carbonyl (C=O) groups excluding carboxylic acids is 1. The zero-order valence-electron chi connectivity index (χ0n) is 17.3. The van der Waals surface area contributed by atoms with Crippen LogP contribution in [0.4, 0.5) is 0 Å². The fourth-order valence-corrected chi connectivity index (χ4v) is 4.17. The minimum absolute atomic E-state index is 0.0736. The Balaban J connectivity index is 1.69. The van der Waals surface area contributed by atoms with Gasteiger partial charge in [0.05, 0.1) is 7.11 Å². The molecule has 0 radical (unpaired) electrons. The molecule has 150 valence electrons. The minimum atomic E-state index is 0.0736. The van der Waals surface area contributed by atoms with Crippen LogP contribution in [0, 0.1) is 6.92 Å². The number of aryl methyl sites for hydroxylation is 2. The van der Waals surface area contributed by atoms with E-state index in [0.717, 1.165) is 68.6 Å². The fraction of sp³-hybridized carbons (Fsp3) is 0.458. The lowest BCUT2D eigenvalue weighted by molar-refractivity contribution is 0.0686. The molecule has 0 aromatic heterocycles. The van der Waals surface area contributed by atoms with E-state index in [1.165, 1.54) is 11.1 Å². The van der Waals surface area contributed by atoms with E-state index in [-0.39, 0.29) is 5.54 Å². The first-order chi connectivity index (χ1) is 13.6. The smallest absolute Gasteiger partial charge is 0.150 e. The van der Waals surface area contributed by atoms with Gasteiger partial charge in [-0.3, -0.25) is 9.69 Å². The predicted octanol–water partition coefficient (Wildman–Crippen LogP) is 3.66. The molecule has 3 rings (SSSR count). The molecule has 4 heteroatoms. The Bertz CT molecular complexity index is 805. The molecule has 28 heavy (non-hydrogen) atoms. The molecule has 1 aliphatic rings. The molecule has 0 spiro atoms. The van der Waals surface area contributed by atoms with Gasteiger partial charge in [0.15, 0.2) is 0 Å². The summed E-state index contributed by atoms with van der Waals surface area (Å²) in [6, 6.07) is 14.4. The first-order valence-corrected chi connectivity index (χ1v) is 10.2. The van der Waals surface area contributed by atoms with Crippen molar-refractivity contribution in [2.75, 3.05) is 33.3 Å². The molecule has 1 aliphatic heterocycles. The average Bonchev–Trinajstić information content (AvgIpc) is 2.72. The maximum Gasteiger partial charge on any atom is 0.150 e. The number of benzene rings is 2. The Kier molecular flexibility index (Phi) is 6.87. The SMILES string of the molecule is COc1ccc(C=O)c(CCC2(C)CNCCN2CCc2ccccc2C)c1. The standard InChI is InChI=1S/C24H32N2O2/c1-19-6-4-5-7-20(19)11-14-26-15-13-25-18-24(26,2)12-10-21-16-23(28-3)9-8-22(21)17-27/h4-9,16-17,25H,10-15,18H2,1-3H3. The van der Waals surface area contributed by atoms with Crippen LogP contribution in [0.15, 0.2) is 42.5 Å². The van der Waals surface area contributed by atoms with Crippen LogP contribution in [0.25, 0.3) is 0 Å². The molecule has 0 bridgehead atoms. The van der Waals surface area contributed by atoms with Gasteiger partial charge < -0.3 is 10.1 Å². The van der Waals surface area contributed by atoms with Crippen molar-refractivity contribution >= 4 is 6.29 Å². The first kappa shape index (κ1) is 20.6. The predicted molar refractivity (Wildman–Crippen MR) is 114 cm³/mol. The van der Waals surface area contributed by atoms with Gasteiger partial charge in [0.1, 0.15) is 12.0 Å². The van der Waals surface area contributed by atoms with Crippen molar-refractivity contribution < 1.29 is 9.53 Å². The zero-order valence-corrected chi connectivity index (χ0v) is 17.3. The Morgan fingerprint density at radius 1 is 1.18 bits per heavy atom. The molecule has 2 aromatic rings. The van der Waals surface area contributed by atoms with Crippen LogP contribution in [0.5, 0.6) is 5.75 Å². The highest BCUT2D eigenvalue weighted by Crippen LogP contribution is 2.26. The number of hydrogen-bond donors (Lipinski definition) is 1. The molecule has 0 aliphatic carbocycles. The molecule has 0 amide bonds. The van der Waals surface area contributed by atoms with Crippen molar-refractivity contribution in [3.63, 3.8) is 0 Å². The maximum absolute atomic E-state index is 11.4. The van der Waals surface area contributed by atoms with E-state index in [4.69, 9.17) is 4.74 Å². The van der Waals surface area contributed by atoms with Gasteiger partial charge in [-0.25, -0.2) is 0 Å². The number of rotatable bonds is 8. The highest BCUT2D eigenvalue weighted by atomic mass is 16.5. The van der Waals surface area contributed by atoms with Crippen molar-refractivity contribution in [1.82, 2.24) is 10.2 Å². The molecule has 1 N–H and O–H groups in total. The number of ether oxygens (including phenoxy) is 1. The third-order valence-electron chi connectivity index (χ3n) is 6.15. The second-order valence-electron chi connectivity index (χ2n) is 8.02. The third-order valence-corrected chi connectivity index (χ3v) is 6.15. The van der Waals surface area contributed by atoms with Crippen molar-refractivity contribution in [2.24, 2.45) is 0 Å². The highest BCUT2D eigenvalue weighted by Gasteiger charge is 2.33. The van der Waals surface area contributed by atoms with Crippen LogP contribution >= 0.6 is 0 Å². The van der Waals surface area contributed by atoms with E-state index in [9.17, 15) is 4.79 Å². The molecular weight excluding hydrogens is 348 g/mol. The molecule has 1 heterocycles. The van der Waals surface area contributed by atoms with Gasteiger partial charge in [0, 0.05) is 37.3 Å². The lowest BCUT2D eigenvalue weighted by Crippen LogP contribution is -2.60. The lowest BCUT2D eigenvalue weighted by Gasteiger charge is -2.46. The van der Waals surface area contributed by atoms with Gasteiger partial charge >= 0.3 is 0 Å². The number of piperazine rings is 1. The van der Waals surface area contributed by atoms with E-state index >= 15 is 0 Å². The Morgan fingerprint density at radius 3 is 2.75 bits per heavy atom. The monoisotopic (exact) mass is 380 g/mol. The summed E-state index contributed by atoms with van der Waals surface area (Å²) >= 11 is 0. The normalized spacial score (nSPS) is 20.1. The van der Waals surface area contributed by atoms with Gasteiger partial charge in [0.25, 0.3) is 0 Å². The second-order valence-corrected chi connectivity index (χ2v) is 8.02. The number of aldehydes is 1. The van der Waals surface area contributed by atoms with Crippen molar-refractivity contribution in [1.29, 1.82) is 0 Å². The zero-order chi connectivity index (χ0) is 20.0. The number of hydrogen-bond acceptors (Lipinski definition) is 4. The van der Waals surface area contributed by atoms with Gasteiger partial charge in [-0.1, -0.05) is 24.3 Å². The average molecular weight is 381 g/mol. The summed E-state index contributed by atoms with van der Waals surface area (Å²) in [7, 11) is 1.67. The van der Waals surface area contributed by atoms with E-state index < -0.39 is 0 Å². The largest absolute Gasteiger partial charge is 0.497 e. The topological polar surface area (TPSA) is 41.6 Å². The van der Waals surface area contributed by atoms with Crippen molar-refractivity contribution in [2.45, 2.75) is 38.6 Å². The van der Waals surface area contributed by atoms with Gasteiger partial charge in [-0.2, -0.15) is 0 Å². The van der Waals surface area contributed by atoms with Crippen LogP contribution in [-0.2, 0) is 12.8 Å². The number of nitrogens with one attached hydrogen (secondary N) is 1. The Labute approximate surface area is 168 Å². The van der Waals surface area contributed by atoms with Crippen LogP contribution in [0.3, 0.4) is 0 Å². The Morgan fingerprint density at radius 2 is 2.00 bits per heavy atom. The summed E-state index contributed by atoms with van der Waals surface area (Å²) in [4.78, 5) is 14.1. The molecule has 1 fully saturated rings. The van der Waals surface area contributed by atoms with Crippen molar-refractivity contribution in [3.05, 3.63) is 64.7 Å². The van der Waals surface area contributed by atoms with Crippen molar-refractivity contribution in [3.8, 4) is 5.75 Å². The highest BCUT2D eigenvalue weighted by molar-refractivity contribution is 5.77. The quantitative estimate of drug-likeness (QED) is 0.710. The van der Waals surface area contributed by atoms with E-state index in [1.807, 2.05) is 18.2 Å². The molecule has 1 unspecified atom stereocenters. The maximum atomic E-state index is 11.4. The Hall–Kier alpha value is -2.17. The molecule has 1 atom stereocenters. The van der Waals surface area contributed by atoms with E-state index in [1.54, 1.807) is 7.11 Å². The summed E-state index contributed by atoms with van der Waals surface area (Å²) < 4.78 is 5.35. The summed E-state index contributed by atoms with van der Waals surface area (Å²) in [6.07, 6.45) is 3.89. The molecule has 4 nitrogen and oxygen atoms in total. The minimum Gasteiger partial charge on any atom is -0.497 e. The summed E-state index contributed by atoms with van der Waals surface area (Å²) in [6.45, 7) is 8.65. The number of methoxy groups -OCH3 is 1. The summed E-state index contributed by atoms with van der Waals surface area (Å²) in [5.74, 6) is 0.809. The molecule has 0 saturated carbocycles. The van der Waals surface area contributed by atoms with Crippen LogP contribution < -0.4 is 10.1 Å². The van der Waals surface area contributed by atoms with Gasteiger partial charge in [-0.15, -0.1) is 0 Å². The first-order valence-electron chi connectivity index (χ1n) is 10.2. The van der Waals surface area contributed by atoms with Gasteiger partial charge in [0.2, 0.25) is 0 Å².